The van der Waals surface area contributed by atoms with Gasteiger partial charge in [-0.3, -0.25) is 9.80 Å². The van der Waals surface area contributed by atoms with Crippen molar-refractivity contribution in [1.82, 2.24) is 9.80 Å². The summed E-state index contributed by atoms with van der Waals surface area (Å²) in [6.07, 6.45) is 4.67. The highest BCUT2D eigenvalue weighted by atomic mass is 16.5. The van der Waals surface area contributed by atoms with Gasteiger partial charge in [-0.2, -0.15) is 0 Å². The van der Waals surface area contributed by atoms with Crippen LogP contribution in [0.15, 0.2) is 60.7 Å². The Morgan fingerprint density at radius 2 is 1.35 bits per heavy atom. The number of hydrogen-bond acceptors (Lipinski definition) is 4. The summed E-state index contributed by atoms with van der Waals surface area (Å²) >= 11 is 0. The average Bonchev–Trinajstić information content (AvgIpc) is 2.85. The van der Waals surface area contributed by atoms with Crippen molar-refractivity contribution in [3.8, 4) is 0 Å². The molecule has 2 aromatic carbocycles. The Morgan fingerprint density at radius 3 is 1.85 bits per heavy atom. The minimum atomic E-state index is -0.411. The zero-order valence-corrected chi connectivity index (χ0v) is 21.4. The summed E-state index contributed by atoms with van der Waals surface area (Å²) in [7, 11) is 0. The first-order chi connectivity index (χ1) is 16.4. The molecule has 1 aliphatic carbocycles. The number of piperazine rings is 1. The van der Waals surface area contributed by atoms with Gasteiger partial charge in [0.05, 0.1) is 24.9 Å². The van der Waals surface area contributed by atoms with Crippen molar-refractivity contribution >= 4 is 0 Å². The standard InChI is InChI=1S/C30H44N2O2/c1-30(2,3)26-14-16-28(17-15-26)34-23-27(33)22-31-18-20-32(21-19-31)29(24-10-6-4-7-11-24)25-12-8-5-9-13-25/h4-13,26-29,33H,14-23H2,1-3H3/t26?,27-,28?/m0/s1. The van der Waals surface area contributed by atoms with E-state index in [0.29, 0.717) is 24.7 Å². The van der Waals surface area contributed by atoms with E-state index in [0.717, 1.165) is 44.9 Å². The molecule has 0 unspecified atom stereocenters. The Hall–Kier alpha value is -1.72. The van der Waals surface area contributed by atoms with Crippen LogP contribution >= 0.6 is 0 Å². The number of aliphatic hydroxyl groups excluding tert-OH is 1. The maximum atomic E-state index is 10.7. The number of ether oxygens (including phenoxy) is 1. The summed E-state index contributed by atoms with van der Waals surface area (Å²) in [6.45, 7) is 12.2. The lowest BCUT2D eigenvalue weighted by molar-refractivity contribution is -0.0477. The van der Waals surface area contributed by atoms with Crippen LogP contribution in [0.1, 0.15) is 63.6 Å². The van der Waals surface area contributed by atoms with Gasteiger partial charge in [0, 0.05) is 32.7 Å². The first kappa shape index (κ1) is 25.4. The van der Waals surface area contributed by atoms with Gasteiger partial charge in [-0.25, -0.2) is 0 Å². The minimum absolute atomic E-state index is 0.279. The zero-order chi connectivity index (χ0) is 24.0. The largest absolute Gasteiger partial charge is 0.389 e. The van der Waals surface area contributed by atoms with Gasteiger partial charge in [0.25, 0.3) is 0 Å². The Balaban J connectivity index is 1.23. The van der Waals surface area contributed by atoms with E-state index in [2.05, 4.69) is 91.2 Å². The third kappa shape index (κ3) is 6.91. The number of nitrogens with zero attached hydrogens (tertiary/aromatic N) is 2. The maximum Gasteiger partial charge on any atom is 0.0900 e. The molecular weight excluding hydrogens is 420 g/mol. The second-order valence-electron chi connectivity index (χ2n) is 11.4. The van der Waals surface area contributed by atoms with Crippen molar-refractivity contribution in [2.24, 2.45) is 11.3 Å². The van der Waals surface area contributed by atoms with Crippen molar-refractivity contribution in [2.75, 3.05) is 39.3 Å². The van der Waals surface area contributed by atoms with Gasteiger partial charge in [-0.15, -0.1) is 0 Å². The molecule has 1 saturated heterocycles. The summed E-state index contributed by atoms with van der Waals surface area (Å²) in [4.78, 5) is 4.98. The Bertz CT molecular complexity index is 796. The highest BCUT2D eigenvalue weighted by molar-refractivity contribution is 5.31. The molecule has 0 radical (unpaired) electrons. The lowest BCUT2D eigenvalue weighted by Gasteiger charge is -2.40. The number of hydrogen-bond donors (Lipinski definition) is 1. The van der Waals surface area contributed by atoms with Crippen LogP contribution in [-0.4, -0.2) is 66.4 Å². The van der Waals surface area contributed by atoms with Crippen molar-refractivity contribution in [3.63, 3.8) is 0 Å². The molecule has 2 aliphatic rings. The molecule has 1 N–H and O–H groups in total. The number of benzene rings is 2. The molecule has 4 heteroatoms. The lowest BCUT2D eigenvalue weighted by Crippen LogP contribution is -2.50. The van der Waals surface area contributed by atoms with E-state index < -0.39 is 6.10 Å². The van der Waals surface area contributed by atoms with Gasteiger partial charge in [-0.05, 0) is 48.1 Å². The van der Waals surface area contributed by atoms with Crippen LogP contribution in [0.5, 0.6) is 0 Å². The molecule has 34 heavy (non-hydrogen) atoms. The first-order valence-electron chi connectivity index (χ1n) is 13.3. The number of β-amino-alcohol motifs (C(OH)–C–C–N with tert-alkyl or cyclic N) is 1. The molecule has 1 aliphatic heterocycles. The van der Waals surface area contributed by atoms with Crippen LogP contribution in [0, 0.1) is 11.3 Å². The third-order valence-corrected chi connectivity index (χ3v) is 7.89. The van der Waals surface area contributed by atoms with E-state index >= 15 is 0 Å². The van der Waals surface area contributed by atoms with Gasteiger partial charge in [0.2, 0.25) is 0 Å². The van der Waals surface area contributed by atoms with E-state index in [9.17, 15) is 5.11 Å². The van der Waals surface area contributed by atoms with E-state index in [-0.39, 0.29) is 6.04 Å². The number of rotatable bonds is 8. The fraction of sp³-hybridized carbons (Fsp3) is 0.600. The van der Waals surface area contributed by atoms with Crippen LogP contribution in [0.3, 0.4) is 0 Å². The highest BCUT2D eigenvalue weighted by Crippen LogP contribution is 2.38. The Labute approximate surface area is 206 Å². The molecule has 0 spiro atoms. The molecule has 4 rings (SSSR count). The van der Waals surface area contributed by atoms with Gasteiger partial charge < -0.3 is 9.84 Å². The molecule has 4 nitrogen and oxygen atoms in total. The monoisotopic (exact) mass is 464 g/mol. The predicted molar refractivity (Wildman–Crippen MR) is 140 cm³/mol. The second kappa shape index (κ2) is 11.8. The molecule has 1 heterocycles. The minimum Gasteiger partial charge on any atom is -0.389 e. The van der Waals surface area contributed by atoms with Crippen LogP contribution in [-0.2, 0) is 4.74 Å². The fourth-order valence-corrected chi connectivity index (χ4v) is 5.78. The second-order valence-corrected chi connectivity index (χ2v) is 11.4. The van der Waals surface area contributed by atoms with E-state index in [4.69, 9.17) is 4.74 Å². The molecule has 2 aromatic rings. The lowest BCUT2D eigenvalue weighted by atomic mass is 9.72. The average molecular weight is 465 g/mol. The normalized spacial score (nSPS) is 23.8. The van der Waals surface area contributed by atoms with E-state index in [1.807, 2.05) is 0 Å². The molecule has 0 amide bonds. The smallest absolute Gasteiger partial charge is 0.0900 e. The van der Waals surface area contributed by atoms with Crippen molar-refractivity contribution in [2.45, 2.75) is 64.7 Å². The zero-order valence-electron chi connectivity index (χ0n) is 21.4. The molecular formula is C30H44N2O2. The summed E-state index contributed by atoms with van der Waals surface area (Å²) in [5, 5.41) is 10.7. The molecule has 1 atom stereocenters. The van der Waals surface area contributed by atoms with Gasteiger partial charge >= 0.3 is 0 Å². The van der Waals surface area contributed by atoms with Gasteiger partial charge in [-0.1, -0.05) is 81.4 Å². The van der Waals surface area contributed by atoms with Crippen molar-refractivity contribution < 1.29 is 9.84 Å². The van der Waals surface area contributed by atoms with Crippen LogP contribution < -0.4 is 0 Å². The van der Waals surface area contributed by atoms with Gasteiger partial charge in [0.1, 0.15) is 0 Å². The van der Waals surface area contributed by atoms with Crippen LogP contribution in [0.4, 0.5) is 0 Å². The summed E-state index contributed by atoms with van der Waals surface area (Å²) < 4.78 is 6.14. The Kier molecular flexibility index (Phi) is 8.81. The summed E-state index contributed by atoms with van der Waals surface area (Å²) in [5.41, 5.74) is 3.08. The van der Waals surface area contributed by atoms with Crippen molar-refractivity contribution in [3.05, 3.63) is 71.8 Å². The molecule has 0 bridgehead atoms. The van der Waals surface area contributed by atoms with Crippen molar-refractivity contribution in [1.29, 1.82) is 0 Å². The number of aliphatic hydroxyl groups is 1. The Morgan fingerprint density at radius 1 is 0.824 bits per heavy atom. The highest BCUT2D eigenvalue weighted by Gasteiger charge is 2.31. The predicted octanol–water partition coefficient (Wildman–Crippen LogP) is 5.38. The third-order valence-electron chi connectivity index (χ3n) is 7.89. The summed E-state index contributed by atoms with van der Waals surface area (Å²) in [5.74, 6) is 0.796. The topological polar surface area (TPSA) is 35.9 Å². The van der Waals surface area contributed by atoms with Crippen LogP contribution in [0.25, 0.3) is 0 Å². The molecule has 0 aromatic heterocycles. The van der Waals surface area contributed by atoms with Gasteiger partial charge in [0.15, 0.2) is 0 Å². The molecule has 1 saturated carbocycles. The van der Waals surface area contributed by atoms with E-state index in [1.54, 1.807) is 0 Å². The van der Waals surface area contributed by atoms with Crippen LogP contribution in [0.2, 0.25) is 0 Å². The fourth-order valence-electron chi connectivity index (χ4n) is 5.78. The maximum absolute atomic E-state index is 10.7. The van der Waals surface area contributed by atoms with E-state index in [1.165, 1.54) is 24.0 Å². The first-order valence-corrected chi connectivity index (χ1v) is 13.3. The SMILES string of the molecule is CC(C)(C)C1CCC(OC[C@@H](O)CN2CCN(C(c3ccccc3)c3ccccc3)CC2)CC1. The molecule has 186 valence electrons. The summed E-state index contributed by atoms with van der Waals surface area (Å²) in [6, 6.07) is 21.9. The quantitative estimate of drug-likeness (QED) is 0.569. The molecule has 2 fully saturated rings.